The molecule has 120 valence electrons. The molecule has 1 aromatic carbocycles. The number of methoxy groups -OCH3 is 2. The summed E-state index contributed by atoms with van der Waals surface area (Å²) >= 11 is 0. The van der Waals surface area contributed by atoms with E-state index in [1.807, 2.05) is 18.2 Å². The second-order valence-electron chi connectivity index (χ2n) is 4.75. The summed E-state index contributed by atoms with van der Waals surface area (Å²) in [5.74, 6) is -1.35. The number of ether oxygens (including phenoxy) is 2. The van der Waals surface area contributed by atoms with E-state index in [0.29, 0.717) is 5.56 Å². The molecular weight excluding hydrogens is 286 g/mol. The van der Waals surface area contributed by atoms with Crippen LogP contribution in [-0.4, -0.2) is 49.3 Å². The van der Waals surface area contributed by atoms with E-state index in [2.05, 4.69) is 9.47 Å². The van der Waals surface area contributed by atoms with E-state index < -0.39 is 24.1 Å². The quantitative estimate of drug-likeness (QED) is 0.630. The Morgan fingerprint density at radius 3 is 2.27 bits per heavy atom. The van der Waals surface area contributed by atoms with Gasteiger partial charge < -0.3 is 19.5 Å². The predicted molar refractivity (Wildman–Crippen MR) is 80.7 cm³/mol. The zero-order valence-electron chi connectivity index (χ0n) is 13.1. The van der Waals surface area contributed by atoms with Crippen LogP contribution in [0.1, 0.15) is 18.6 Å². The summed E-state index contributed by atoms with van der Waals surface area (Å²) < 4.78 is 9.21. The highest BCUT2D eigenvalue weighted by Gasteiger charge is 2.26. The van der Waals surface area contributed by atoms with Crippen molar-refractivity contribution in [3.05, 3.63) is 47.7 Å². The maximum Gasteiger partial charge on any atom is 0.354 e. The first-order valence-electron chi connectivity index (χ1n) is 6.76. The average molecular weight is 307 g/mol. The van der Waals surface area contributed by atoms with Crippen LogP contribution >= 0.6 is 0 Å². The van der Waals surface area contributed by atoms with Gasteiger partial charge in [-0.2, -0.15) is 0 Å². The number of carbonyl (C=O) groups excluding carboxylic acids is 2. The summed E-state index contributed by atoms with van der Waals surface area (Å²) in [6.45, 7) is 1.74. The van der Waals surface area contributed by atoms with Crippen LogP contribution in [0.25, 0.3) is 0 Å². The Labute approximate surface area is 129 Å². The average Bonchev–Trinajstić information content (AvgIpc) is 2.57. The van der Waals surface area contributed by atoms with Gasteiger partial charge >= 0.3 is 11.9 Å². The van der Waals surface area contributed by atoms with Crippen LogP contribution in [0, 0.1) is 0 Å². The Balaban J connectivity index is 3.02. The smallest absolute Gasteiger partial charge is 0.354 e. The number of hydrogen-bond acceptors (Lipinski definition) is 6. The molecule has 1 aromatic rings. The third-order valence-corrected chi connectivity index (χ3v) is 3.44. The molecule has 0 radical (unpaired) electrons. The number of nitrogens with zero attached hydrogens (tertiary/aromatic N) is 1. The minimum atomic E-state index is -0.836. The predicted octanol–water partition coefficient (Wildman–Crippen LogP) is 1.27. The maximum absolute atomic E-state index is 11.8. The van der Waals surface area contributed by atoms with Gasteiger partial charge in [0.15, 0.2) is 0 Å². The lowest BCUT2D eigenvalue weighted by molar-refractivity contribution is -0.140. The number of esters is 2. The summed E-state index contributed by atoms with van der Waals surface area (Å²) in [5, 5.41) is 10.4. The van der Waals surface area contributed by atoms with Crippen molar-refractivity contribution in [3.8, 4) is 0 Å². The van der Waals surface area contributed by atoms with Gasteiger partial charge in [-0.3, -0.25) is 0 Å². The molecule has 0 aliphatic rings. The van der Waals surface area contributed by atoms with Crippen LogP contribution in [0.2, 0.25) is 0 Å². The Morgan fingerprint density at radius 1 is 1.18 bits per heavy atom. The van der Waals surface area contributed by atoms with Crippen molar-refractivity contribution in [3.63, 3.8) is 0 Å². The van der Waals surface area contributed by atoms with Crippen LogP contribution in [0.15, 0.2) is 42.1 Å². The first-order chi connectivity index (χ1) is 10.4. The minimum Gasteiger partial charge on any atom is -0.466 e. The van der Waals surface area contributed by atoms with Gasteiger partial charge in [0.05, 0.1) is 32.4 Å². The lowest BCUT2D eigenvalue weighted by Crippen LogP contribution is -2.37. The number of aliphatic hydroxyl groups is 1. The topological polar surface area (TPSA) is 76.1 Å². The van der Waals surface area contributed by atoms with E-state index in [1.54, 1.807) is 26.1 Å². The number of rotatable bonds is 6. The SMILES string of the molecule is COC(=O)/C=C(\C(=O)OC)N(C)[C@@H](C)[C@H](O)c1ccccc1. The van der Waals surface area contributed by atoms with Gasteiger partial charge in [-0.05, 0) is 12.5 Å². The first kappa shape index (κ1) is 17.7. The van der Waals surface area contributed by atoms with Crippen LogP contribution in [0.4, 0.5) is 0 Å². The highest BCUT2D eigenvalue weighted by atomic mass is 16.5. The molecule has 1 rings (SSSR count). The molecule has 1 N–H and O–H groups in total. The zero-order chi connectivity index (χ0) is 16.7. The Kier molecular flexibility index (Phi) is 6.59. The maximum atomic E-state index is 11.8. The fourth-order valence-electron chi connectivity index (χ4n) is 1.94. The van der Waals surface area contributed by atoms with Crippen molar-refractivity contribution in [2.75, 3.05) is 21.3 Å². The van der Waals surface area contributed by atoms with E-state index in [4.69, 9.17) is 0 Å². The number of carbonyl (C=O) groups is 2. The molecule has 0 unspecified atom stereocenters. The Bertz CT molecular complexity index is 541. The fourth-order valence-corrected chi connectivity index (χ4v) is 1.94. The molecule has 6 heteroatoms. The van der Waals surface area contributed by atoms with E-state index in [0.717, 1.165) is 6.08 Å². The molecule has 0 aromatic heterocycles. The molecule has 0 spiro atoms. The van der Waals surface area contributed by atoms with Crippen molar-refractivity contribution < 1.29 is 24.2 Å². The van der Waals surface area contributed by atoms with E-state index in [-0.39, 0.29) is 5.70 Å². The van der Waals surface area contributed by atoms with Gasteiger partial charge in [0, 0.05) is 7.05 Å². The third kappa shape index (κ3) is 4.33. The minimum absolute atomic E-state index is 0.0110. The van der Waals surface area contributed by atoms with Crippen molar-refractivity contribution in [1.82, 2.24) is 4.90 Å². The number of benzene rings is 1. The fraction of sp³-hybridized carbons (Fsp3) is 0.375. The van der Waals surface area contributed by atoms with Crippen molar-refractivity contribution in [2.45, 2.75) is 19.1 Å². The number of likely N-dealkylation sites (N-methyl/N-ethyl adjacent to an activating group) is 1. The van der Waals surface area contributed by atoms with Crippen LogP contribution in [-0.2, 0) is 19.1 Å². The van der Waals surface area contributed by atoms with Crippen LogP contribution in [0.5, 0.6) is 0 Å². The second kappa shape index (κ2) is 8.19. The van der Waals surface area contributed by atoms with Gasteiger partial charge in [-0.15, -0.1) is 0 Å². The summed E-state index contributed by atoms with van der Waals surface area (Å²) in [6.07, 6.45) is 0.206. The highest BCUT2D eigenvalue weighted by molar-refractivity contribution is 5.95. The third-order valence-electron chi connectivity index (χ3n) is 3.44. The van der Waals surface area contributed by atoms with Gasteiger partial charge in [-0.1, -0.05) is 30.3 Å². The summed E-state index contributed by atoms with van der Waals surface area (Å²) in [7, 11) is 4.04. The molecule has 0 amide bonds. The zero-order valence-corrected chi connectivity index (χ0v) is 13.1. The van der Waals surface area contributed by atoms with Crippen molar-refractivity contribution >= 4 is 11.9 Å². The summed E-state index contributed by atoms with van der Waals surface area (Å²) in [5.41, 5.74) is 0.723. The molecule has 22 heavy (non-hydrogen) atoms. The number of hydrogen-bond donors (Lipinski definition) is 1. The van der Waals surface area contributed by atoms with Crippen LogP contribution < -0.4 is 0 Å². The highest BCUT2D eigenvalue weighted by Crippen LogP contribution is 2.22. The van der Waals surface area contributed by atoms with E-state index in [1.165, 1.54) is 19.1 Å². The normalized spacial score (nSPS) is 14.0. The first-order valence-corrected chi connectivity index (χ1v) is 6.76. The van der Waals surface area contributed by atoms with Gasteiger partial charge in [0.2, 0.25) is 0 Å². The molecule has 0 bridgehead atoms. The largest absolute Gasteiger partial charge is 0.466 e. The van der Waals surface area contributed by atoms with E-state index in [9.17, 15) is 14.7 Å². The van der Waals surface area contributed by atoms with Crippen LogP contribution in [0.3, 0.4) is 0 Å². The van der Waals surface area contributed by atoms with Crippen molar-refractivity contribution in [1.29, 1.82) is 0 Å². The molecule has 0 heterocycles. The monoisotopic (exact) mass is 307 g/mol. The molecule has 0 aliphatic heterocycles. The molecule has 0 saturated carbocycles. The summed E-state index contributed by atoms with van der Waals surface area (Å²) in [4.78, 5) is 24.7. The lowest BCUT2D eigenvalue weighted by Gasteiger charge is -2.31. The molecule has 0 saturated heterocycles. The lowest BCUT2D eigenvalue weighted by atomic mass is 10.0. The summed E-state index contributed by atoms with van der Waals surface area (Å²) in [6, 6.07) is 8.60. The molecular formula is C16H21NO5. The second-order valence-corrected chi connectivity index (χ2v) is 4.75. The molecule has 0 aliphatic carbocycles. The van der Waals surface area contributed by atoms with Crippen molar-refractivity contribution in [2.24, 2.45) is 0 Å². The Hall–Kier alpha value is -2.34. The van der Waals surface area contributed by atoms with E-state index >= 15 is 0 Å². The van der Waals surface area contributed by atoms with Gasteiger partial charge in [0.25, 0.3) is 0 Å². The standard InChI is InChI=1S/C16H21NO5/c1-11(15(19)12-8-6-5-7-9-12)17(2)13(16(20)22-4)10-14(18)21-3/h5-11,15,19H,1-4H3/b13-10+/t11-,15-/m0/s1. The number of aliphatic hydroxyl groups excluding tert-OH is 1. The molecule has 0 fully saturated rings. The van der Waals surface area contributed by atoms with Gasteiger partial charge in [-0.25, -0.2) is 9.59 Å². The molecule has 6 nitrogen and oxygen atoms in total. The molecule has 2 atom stereocenters. The van der Waals surface area contributed by atoms with Gasteiger partial charge in [0.1, 0.15) is 5.70 Å². The Morgan fingerprint density at radius 2 is 1.77 bits per heavy atom.